The van der Waals surface area contributed by atoms with Gasteiger partial charge in [-0.05, 0) is 43.3 Å². The Morgan fingerprint density at radius 2 is 2.14 bits per heavy atom. The number of thioether (sulfide) groups is 1. The second kappa shape index (κ2) is 5.68. The van der Waals surface area contributed by atoms with E-state index in [2.05, 4.69) is 25.7 Å². The first-order valence-electron chi connectivity index (χ1n) is 6.47. The van der Waals surface area contributed by atoms with Crippen molar-refractivity contribution in [3.05, 3.63) is 24.3 Å². The second-order valence-electron chi connectivity index (χ2n) is 4.69. The molecule has 3 aromatic heterocycles. The van der Waals surface area contributed by atoms with Gasteiger partial charge in [-0.15, -0.1) is 5.10 Å². The maximum Gasteiger partial charge on any atom is 0.240 e. The summed E-state index contributed by atoms with van der Waals surface area (Å²) in [5.41, 5.74) is 0. The summed E-state index contributed by atoms with van der Waals surface area (Å²) in [5, 5.41) is 16.2. The summed E-state index contributed by atoms with van der Waals surface area (Å²) in [7, 11) is 0. The average Bonchev–Trinajstić information content (AvgIpc) is 3.19. The number of rotatable bonds is 5. The Labute approximate surface area is 124 Å². The molecule has 0 fully saturated rings. The molecule has 9 heteroatoms. The van der Waals surface area contributed by atoms with Crippen molar-refractivity contribution < 1.29 is 8.94 Å². The molecule has 110 valence electrons. The van der Waals surface area contributed by atoms with Gasteiger partial charge in [0.1, 0.15) is 0 Å². The minimum Gasteiger partial charge on any atom is -0.461 e. The molecule has 3 aromatic rings. The van der Waals surface area contributed by atoms with Crippen LogP contribution in [0.15, 0.2) is 32.5 Å². The standard InChI is InChI=1S/C12H14N6O2S/c1-7(2)18-12(14-16-17-18)21-8(3)11-13-10(15-20-11)9-5-4-6-19-9/h4-8H,1-3H3/t8-/m0/s1. The van der Waals surface area contributed by atoms with Crippen molar-refractivity contribution in [2.24, 2.45) is 0 Å². The third-order valence-electron chi connectivity index (χ3n) is 2.77. The van der Waals surface area contributed by atoms with E-state index < -0.39 is 0 Å². The lowest BCUT2D eigenvalue weighted by atomic mass is 10.4. The third-order valence-corrected chi connectivity index (χ3v) is 3.80. The third kappa shape index (κ3) is 2.82. The molecule has 0 aliphatic rings. The van der Waals surface area contributed by atoms with Gasteiger partial charge in [-0.25, -0.2) is 4.68 Å². The van der Waals surface area contributed by atoms with Crippen LogP contribution in [0.4, 0.5) is 0 Å². The first-order chi connectivity index (χ1) is 10.1. The molecular weight excluding hydrogens is 292 g/mol. The highest BCUT2D eigenvalue weighted by atomic mass is 32.2. The fourth-order valence-corrected chi connectivity index (χ4v) is 2.65. The molecule has 3 rings (SSSR count). The fraction of sp³-hybridized carbons (Fsp3) is 0.417. The van der Waals surface area contributed by atoms with Crippen molar-refractivity contribution in [1.82, 2.24) is 30.3 Å². The Kier molecular flexibility index (Phi) is 3.74. The molecule has 0 unspecified atom stereocenters. The number of tetrazole rings is 1. The van der Waals surface area contributed by atoms with E-state index in [1.54, 1.807) is 23.1 Å². The van der Waals surface area contributed by atoms with Crippen molar-refractivity contribution in [2.45, 2.75) is 37.2 Å². The summed E-state index contributed by atoms with van der Waals surface area (Å²) < 4.78 is 12.3. The number of aromatic nitrogens is 6. The molecule has 0 amide bonds. The normalized spacial score (nSPS) is 13.0. The lowest BCUT2D eigenvalue weighted by Crippen LogP contribution is -2.05. The van der Waals surface area contributed by atoms with Crippen LogP contribution < -0.4 is 0 Å². The number of nitrogens with zero attached hydrogens (tertiary/aromatic N) is 6. The van der Waals surface area contributed by atoms with E-state index in [-0.39, 0.29) is 11.3 Å². The van der Waals surface area contributed by atoms with Crippen LogP contribution >= 0.6 is 11.8 Å². The largest absolute Gasteiger partial charge is 0.461 e. The van der Waals surface area contributed by atoms with E-state index >= 15 is 0 Å². The van der Waals surface area contributed by atoms with Crippen molar-refractivity contribution in [2.75, 3.05) is 0 Å². The predicted octanol–water partition coefficient (Wildman–Crippen LogP) is 2.75. The quantitative estimate of drug-likeness (QED) is 0.664. The Morgan fingerprint density at radius 3 is 2.86 bits per heavy atom. The number of hydrogen-bond donors (Lipinski definition) is 0. The van der Waals surface area contributed by atoms with Crippen molar-refractivity contribution in [3.63, 3.8) is 0 Å². The molecule has 0 aromatic carbocycles. The van der Waals surface area contributed by atoms with Crippen LogP contribution in [0.2, 0.25) is 0 Å². The Balaban J connectivity index is 1.76. The van der Waals surface area contributed by atoms with Crippen molar-refractivity contribution >= 4 is 11.8 Å². The minimum absolute atomic E-state index is 0.0651. The zero-order valence-electron chi connectivity index (χ0n) is 11.8. The van der Waals surface area contributed by atoms with Gasteiger partial charge in [0.2, 0.25) is 16.9 Å². The van der Waals surface area contributed by atoms with Gasteiger partial charge in [-0.1, -0.05) is 16.9 Å². The first-order valence-corrected chi connectivity index (χ1v) is 7.35. The predicted molar refractivity (Wildman–Crippen MR) is 74.5 cm³/mol. The van der Waals surface area contributed by atoms with E-state index in [1.165, 1.54) is 11.8 Å². The highest BCUT2D eigenvalue weighted by Gasteiger charge is 2.21. The lowest BCUT2D eigenvalue weighted by Gasteiger charge is -2.09. The van der Waals surface area contributed by atoms with Crippen LogP contribution in [-0.4, -0.2) is 30.3 Å². The zero-order chi connectivity index (χ0) is 14.8. The summed E-state index contributed by atoms with van der Waals surface area (Å²) in [6, 6.07) is 3.75. The summed E-state index contributed by atoms with van der Waals surface area (Å²) in [5.74, 6) is 1.52. The van der Waals surface area contributed by atoms with Gasteiger partial charge < -0.3 is 8.94 Å². The summed E-state index contributed by atoms with van der Waals surface area (Å²) >= 11 is 1.47. The van der Waals surface area contributed by atoms with Crippen LogP contribution in [0, 0.1) is 0 Å². The monoisotopic (exact) mass is 306 g/mol. The molecule has 0 saturated carbocycles. The summed E-state index contributed by atoms with van der Waals surface area (Å²) in [6.45, 7) is 6.00. The number of furan rings is 1. The molecule has 0 saturated heterocycles. The molecule has 21 heavy (non-hydrogen) atoms. The van der Waals surface area contributed by atoms with Crippen LogP contribution in [0.3, 0.4) is 0 Å². The van der Waals surface area contributed by atoms with E-state index in [0.717, 1.165) is 5.16 Å². The van der Waals surface area contributed by atoms with Gasteiger partial charge in [-0.2, -0.15) is 4.98 Å². The lowest BCUT2D eigenvalue weighted by molar-refractivity contribution is 0.379. The molecule has 0 N–H and O–H groups in total. The second-order valence-corrected chi connectivity index (χ2v) is 6.00. The molecule has 0 aliphatic heterocycles. The highest BCUT2D eigenvalue weighted by Crippen LogP contribution is 2.33. The van der Waals surface area contributed by atoms with E-state index in [0.29, 0.717) is 17.5 Å². The van der Waals surface area contributed by atoms with Gasteiger partial charge in [0.05, 0.1) is 17.6 Å². The van der Waals surface area contributed by atoms with E-state index in [4.69, 9.17) is 8.94 Å². The Bertz CT molecular complexity index is 705. The molecule has 0 aliphatic carbocycles. The average molecular weight is 306 g/mol. The van der Waals surface area contributed by atoms with Gasteiger partial charge in [0, 0.05) is 0 Å². The van der Waals surface area contributed by atoms with Gasteiger partial charge in [0.25, 0.3) is 0 Å². The van der Waals surface area contributed by atoms with Crippen molar-refractivity contribution in [3.8, 4) is 11.6 Å². The van der Waals surface area contributed by atoms with Crippen LogP contribution in [0.1, 0.15) is 38.0 Å². The molecule has 8 nitrogen and oxygen atoms in total. The SMILES string of the molecule is CC(C)n1nnnc1S[C@@H](C)c1nc(-c2ccco2)no1. The molecule has 0 spiro atoms. The van der Waals surface area contributed by atoms with E-state index in [9.17, 15) is 0 Å². The molecule has 0 radical (unpaired) electrons. The smallest absolute Gasteiger partial charge is 0.240 e. The fourth-order valence-electron chi connectivity index (χ4n) is 1.70. The summed E-state index contributed by atoms with van der Waals surface area (Å²) in [4.78, 5) is 4.34. The maximum atomic E-state index is 5.28. The first kappa shape index (κ1) is 13.8. The minimum atomic E-state index is -0.0651. The molecule has 0 bridgehead atoms. The Morgan fingerprint density at radius 1 is 1.29 bits per heavy atom. The van der Waals surface area contributed by atoms with Crippen LogP contribution in [-0.2, 0) is 0 Å². The van der Waals surface area contributed by atoms with Gasteiger partial charge in [0.15, 0.2) is 5.76 Å². The highest BCUT2D eigenvalue weighted by molar-refractivity contribution is 7.99. The topological polar surface area (TPSA) is 95.7 Å². The zero-order valence-corrected chi connectivity index (χ0v) is 12.6. The molecular formula is C12H14N6O2S. The van der Waals surface area contributed by atoms with Crippen LogP contribution in [0.25, 0.3) is 11.6 Å². The van der Waals surface area contributed by atoms with Gasteiger partial charge >= 0.3 is 0 Å². The van der Waals surface area contributed by atoms with Crippen molar-refractivity contribution in [1.29, 1.82) is 0 Å². The Hall–Kier alpha value is -2.16. The van der Waals surface area contributed by atoms with E-state index in [1.807, 2.05) is 20.8 Å². The van der Waals surface area contributed by atoms with Gasteiger partial charge in [-0.3, -0.25) is 0 Å². The summed E-state index contributed by atoms with van der Waals surface area (Å²) in [6.07, 6.45) is 1.57. The molecule has 1 atom stereocenters. The van der Waals surface area contributed by atoms with Crippen LogP contribution in [0.5, 0.6) is 0 Å². The maximum absolute atomic E-state index is 5.28. The molecule has 3 heterocycles. The number of hydrogen-bond acceptors (Lipinski definition) is 8.